The zero-order valence-corrected chi connectivity index (χ0v) is 15.4. The van der Waals surface area contributed by atoms with Gasteiger partial charge in [-0.2, -0.15) is 0 Å². The third kappa shape index (κ3) is 4.57. The maximum Gasteiger partial charge on any atom is 0.248 e. The molecule has 0 radical (unpaired) electrons. The summed E-state index contributed by atoms with van der Waals surface area (Å²) in [6, 6.07) is 9.71. The van der Waals surface area contributed by atoms with Crippen LogP contribution in [0.25, 0.3) is 0 Å². The number of hydrogen-bond acceptors (Lipinski definition) is 3. The summed E-state index contributed by atoms with van der Waals surface area (Å²) in [7, 11) is -3.78. The van der Waals surface area contributed by atoms with Gasteiger partial charge in [0.2, 0.25) is 15.9 Å². The van der Waals surface area contributed by atoms with Crippen molar-refractivity contribution in [2.45, 2.75) is 26.8 Å². The van der Waals surface area contributed by atoms with E-state index in [1.165, 1.54) is 25.1 Å². The molecule has 2 rings (SSSR count). The van der Waals surface area contributed by atoms with Gasteiger partial charge in [-0.05, 0) is 56.2 Å². The molecule has 1 amide bonds. The summed E-state index contributed by atoms with van der Waals surface area (Å²) in [6.07, 6.45) is 0.986. The van der Waals surface area contributed by atoms with Crippen LogP contribution in [-0.2, 0) is 14.8 Å². The fourth-order valence-electron chi connectivity index (χ4n) is 2.53. The monoisotopic (exact) mass is 364 g/mol. The smallest absolute Gasteiger partial charge is 0.248 e. The van der Waals surface area contributed by atoms with Crippen molar-refractivity contribution in [1.82, 2.24) is 0 Å². The molecule has 0 saturated carbocycles. The first-order valence-corrected chi connectivity index (χ1v) is 9.57. The van der Waals surface area contributed by atoms with Crippen molar-refractivity contribution in [3.05, 3.63) is 59.4 Å². The summed E-state index contributed by atoms with van der Waals surface area (Å²) in [5, 5.41) is 2.75. The highest BCUT2D eigenvalue weighted by atomic mass is 32.2. The molecule has 0 bridgehead atoms. The van der Waals surface area contributed by atoms with Crippen LogP contribution in [0.2, 0.25) is 0 Å². The van der Waals surface area contributed by atoms with Crippen LogP contribution in [0.5, 0.6) is 0 Å². The Morgan fingerprint density at radius 3 is 2.44 bits per heavy atom. The molecule has 0 fully saturated rings. The highest BCUT2D eigenvalue weighted by Gasteiger charge is 2.29. The predicted octanol–water partition coefficient (Wildman–Crippen LogP) is 3.24. The summed E-state index contributed by atoms with van der Waals surface area (Å²) in [5.41, 5.74) is 2.55. The lowest BCUT2D eigenvalue weighted by atomic mass is 10.1. The predicted molar refractivity (Wildman–Crippen MR) is 97.7 cm³/mol. The molecule has 2 aromatic rings. The third-order valence-corrected chi connectivity index (χ3v) is 5.04. The number of benzene rings is 2. The molecule has 7 heteroatoms. The normalized spacial score (nSPS) is 12.5. The molecule has 0 saturated heterocycles. The number of amides is 1. The molecule has 0 spiro atoms. The van der Waals surface area contributed by atoms with Crippen LogP contribution in [0.3, 0.4) is 0 Å². The quantitative estimate of drug-likeness (QED) is 0.886. The van der Waals surface area contributed by atoms with Gasteiger partial charge in [0.05, 0.1) is 11.9 Å². The van der Waals surface area contributed by atoms with Gasteiger partial charge in [0.1, 0.15) is 11.9 Å². The minimum Gasteiger partial charge on any atom is -0.324 e. The van der Waals surface area contributed by atoms with E-state index in [2.05, 4.69) is 5.32 Å². The van der Waals surface area contributed by atoms with E-state index >= 15 is 0 Å². The van der Waals surface area contributed by atoms with Crippen molar-refractivity contribution in [1.29, 1.82) is 0 Å². The fraction of sp³-hybridized carbons (Fsp3) is 0.278. The van der Waals surface area contributed by atoms with Crippen molar-refractivity contribution in [3.63, 3.8) is 0 Å². The Bertz CT molecular complexity index is 897. The molecule has 134 valence electrons. The Morgan fingerprint density at radius 2 is 1.84 bits per heavy atom. The van der Waals surface area contributed by atoms with Crippen molar-refractivity contribution >= 4 is 27.3 Å². The largest absolute Gasteiger partial charge is 0.324 e. The van der Waals surface area contributed by atoms with Crippen LogP contribution < -0.4 is 9.62 Å². The molecule has 5 nitrogen and oxygen atoms in total. The highest BCUT2D eigenvalue weighted by molar-refractivity contribution is 7.92. The number of nitrogens with zero attached hydrogens (tertiary/aromatic N) is 1. The topological polar surface area (TPSA) is 66.5 Å². The molecule has 0 aliphatic carbocycles. The van der Waals surface area contributed by atoms with Gasteiger partial charge in [-0.3, -0.25) is 9.10 Å². The summed E-state index contributed by atoms with van der Waals surface area (Å²) >= 11 is 0. The van der Waals surface area contributed by atoms with Gasteiger partial charge in [-0.25, -0.2) is 12.8 Å². The molecule has 25 heavy (non-hydrogen) atoms. The Balaban J connectivity index is 2.35. The van der Waals surface area contributed by atoms with Crippen LogP contribution in [0.1, 0.15) is 18.1 Å². The van der Waals surface area contributed by atoms with Crippen LogP contribution in [0.4, 0.5) is 15.8 Å². The number of rotatable bonds is 5. The second-order valence-electron chi connectivity index (χ2n) is 6.02. The van der Waals surface area contributed by atoms with Gasteiger partial charge in [0.15, 0.2) is 0 Å². The standard InChI is InChI=1S/C18H21FN2O3S/c1-12-8-9-13(2)17(10-12)20-18(22)14(3)21(25(4,23)24)16-7-5-6-15(19)11-16/h5-11,14H,1-4H3,(H,20,22)/t14-/m1/s1. The van der Waals surface area contributed by atoms with E-state index in [0.29, 0.717) is 5.69 Å². The molecular weight excluding hydrogens is 343 g/mol. The van der Waals surface area contributed by atoms with Gasteiger partial charge in [0.25, 0.3) is 0 Å². The average molecular weight is 364 g/mol. The molecule has 1 atom stereocenters. The Hall–Kier alpha value is -2.41. The minimum atomic E-state index is -3.78. The third-order valence-electron chi connectivity index (χ3n) is 3.80. The van der Waals surface area contributed by atoms with Crippen molar-refractivity contribution < 1.29 is 17.6 Å². The number of nitrogens with one attached hydrogen (secondary N) is 1. The number of halogens is 1. The number of carbonyl (C=O) groups excluding carboxylic acids is 1. The first-order valence-electron chi connectivity index (χ1n) is 7.72. The molecular formula is C18H21FN2O3S. The van der Waals surface area contributed by atoms with Crippen LogP contribution in [-0.4, -0.2) is 26.6 Å². The Morgan fingerprint density at radius 1 is 1.16 bits per heavy atom. The summed E-state index contributed by atoms with van der Waals surface area (Å²) in [5.74, 6) is -1.07. The van der Waals surface area contributed by atoms with Gasteiger partial charge >= 0.3 is 0 Å². The number of hydrogen-bond donors (Lipinski definition) is 1. The van der Waals surface area contributed by atoms with Crippen LogP contribution in [0.15, 0.2) is 42.5 Å². The van der Waals surface area contributed by atoms with Crippen molar-refractivity contribution in [3.8, 4) is 0 Å². The maximum absolute atomic E-state index is 13.5. The van der Waals surface area contributed by atoms with Gasteiger partial charge in [0, 0.05) is 5.69 Å². The molecule has 0 heterocycles. The SMILES string of the molecule is Cc1ccc(C)c(NC(=O)[C@@H](C)N(c2cccc(F)c2)S(C)(=O)=O)c1. The number of carbonyl (C=O) groups is 1. The summed E-state index contributed by atoms with van der Waals surface area (Å²) in [6.45, 7) is 5.21. The lowest BCUT2D eigenvalue weighted by Crippen LogP contribution is -2.45. The Labute approximate surface area is 147 Å². The van der Waals surface area contributed by atoms with Gasteiger partial charge in [-0.1, -0.05) is 18.2 Å². The second-order valence-corrected chi connectivity index (χ2v) is 7.88. The molecule has 0 aliphatic heterocycles. The van der Waals surface area contributed by atoms with Crippen molar-refractivity contribution in [2.75, 3.05) is 15.9 Å². The Kier molecular flexibility index (Phi) is 5.47. The van der Waals surface area contributed by atoms with E-state index < -0.39 is 27.8 Å². The van der Waals surface area contributed by atoms with Gasteiger partial charge in [-0.15, -0.1) is 0 Å². The zero-order chi connectivity index (χ0) is 18.8. The van der Waals surface area contributed by atoms with E-state index in [1.807, 2.05) is 32.0 Å². The number of sulfonamides is 1. The van der Waals surface area contributed by atoms with E-state index in [9.17, 15) is 17.6 Å². The van der Waals surface area contributed by atoms with E-state index in [4.69, 9.17) is 0 Å². The zero-order valence-electron chi connectivity index (χ0n) is 14.6. The number of anilines is 2. The van der Waals surface area contributed by atoms with E-state index in [-0.39, 0.29) is 5.69 Å². The van der Waals surface area contributed by atoms with E-state index in [0.717, 1.165) is 27.8 Å². The molecule has 1 N–H and O–H groups in total. The lowest BCUT2D eigenvalue weighted by Gasteiger charge is -2.28. The molecule has 0 aliphatic rings. The van der Waals surface area contributed by atoms with Crippen LogP contribution >= 0.6 is 0 Å². The highest BCUT2D eigenvalue weighted by Crippen LogP contribution is 2.23. The fourth-order valence-corrected chi connectivity index (χ4v) is 3.70. The first kappa shape index (κ1) is 18.9. The van der Waals surface area contributed by atoms with Crippen molar-refractivity contribution in [2.24, 2.45) is 0 Å². The summed E-state index contributed by atoms with van der Waals surface area (Å²) < 4.78 is 38.8. The van der Waals surface area contributed by atoms with Crippen LogP contribution in [0, 0.1) is 19.7 Å². The second kappa shape index (κ2) is 7.23. The average Bonchev–Trinajstić information content (AvgIpc) is 2.49. The van der Waals surface area contributed by atoms with E-state index in [1.54, 1.807) is 0 Å². The molecule has 0 unspecified atom stereocenters. The van der Waals surface area contributed by atoms with Gasteiger partial charge < -0.3 is 5.32 Å². The lowest BCUT2D eigenvalue weighted by molar-refractivity contribution is -0.116. The maximum atomic E-state index is 13.5. The molecule has 0 aromatic heterocycles. The summed E-state index contributed by atoms with van der Waals surface area (Å²) in [4.78, 5) is 12.6. The minimum absolute atomic E-state index is 0.103. The first-order chi connectivity index (χ1) is 11.6. The molecule has 2 aromatic carbocycles. The number of aryl methyl sites for hydroxylation is 2.